The van der Waals surface area contributed by atoms with Crippen LogP contribution in [0.5, 0.6) is 0 Å². The van der Waals surface area contributed by atoms with Gasteiger partial charge in [-0.25, -0.2) is 9.37 Å². The summed E-state index contributed by atoms with van der Waals surface area (Å²) in [5, 5.41) is 2.97. The minimum absolute atomic E-state index is 0.0116. The van der Waals surface area contributed by atoms with Gasteiger partial charge in [0.25, 0.3) is 0 Å². The highest BCUT2D eigenvalue weighted by molar-refractivity contribution is 6.31. The Morgan fingerprint density at radius 3 is 2.61 bits per heavy atom. The summed E-state index contributed by atoms with van der Waals surface area (Å²) in [6.45, 7) is 1.46. The lowest BCUT2D eigenvalue weighted by Crippen LogP contribution is -2.24. The number of hydrogen-bond donors (Lipinski definition) is 1. The van der Waals surface area contributed by atoms with Crippen LogP contribution in [0.3, 0.4) is 0 Å². The molecule has 2 heterocycles. The summed E-state index contributed by atoms with van der Waals surface area (Å²) in [6.07, 6.45) is 5.41. The van der Waals surface area contributed by atoms with E-state index in [1.165, 1.54) is 36.2 Å². The SMILES string of the molecule is CC(=O)N(c1ccnc(C2CC2)c1)c1cc(NC(=O)Cc2ccc(F)cc2Cl)ccn1. The average molecular weight is 439 g/mol. The van der Waals surface area contributed by atoms with Crippen LogP contribution in [-0.4, -0.2) is 21.8 Å². The number of carbonyl (C=O) groups is 2. The van der Waals surface area contributed by atoms with Crippen LogP contribution in [-0.2, 0) is 16.0 Å². The highest BCUT2D eigenvalue weighted by Gasteiger charge is 2.26. The second-order valence-corrected chi connectivity index (χ2v) is 7.84. The van der Waals surface area contributed by atoms with Gasteiger partial charge in [0, 0.05) is 47.7 Å². The molecule has 158 valence electrons. The molecule has 3 aromatic rings. The van der Waals surface area contributed by atoms with Gasteiger partial charge >= 0.3 is 0 Å². The molecule has 1 aliphatic rings. The lowest BCUT2D eigenvalue weighted by molar-refractivity contribution is -0.116. The number of nitrogens with zero attached hydrogens (tertiary/aromatic N) is 3. The predicted octanol–water partition coefficient (Wildman–Crippen LogP) is 5.01. The van der Waals surface area contributed by atoms with Gasteiger partial charge in [-0.05, 0) is 48.7 Å². The first-order valence-corrected chi connectivity index (χ1v) is 10.2. The van der Waals surface area contributed by atoms with Crippen LogP contribution in [0.4, 0.5) is 21.6 Å². The third-order valence-corrected chi connectivity index (χ3v) is 5.31. The Bertz CT molecular complexity index is 1150. The van der Waals surface area contributed by atoms with Crippen LogP contribution in [0.1, 0.15) is 36.9 Å². The monoisotopic (exact) mass is 438 g/mol. The molecule has 31 heavy (non-hydrogen) atoms. The van der Waals surface area contributed by atoms with Crippen LogP contribution >= 0.6 is 11.6 Å². The molecule has 0 unspecified atom stereocenters. The molecule has 1 aliphatic carbocycles. The van der Waals surface area contributed by atoms with E-state index in [1.54, 1.807) is 24.4 Å². The minimum atomic E-state index is -0.460. The smallest absolute Gasteiger partial charge is 0.229 e. The highest BCUT2D eigenvalue weighted by atomic mass is 35.5. The van der Waals surface area contributed by atoms with Crippen molar-refractivity contribution >= 4 is 40.6 Å². The van der Waals surface area contributed by atoms with Crippen molar-refractivity contribution in [2.75, 3.05) is 10.2 Å². The van der Waals surface area contributed by atoms with E-state index < -0.39 is 5.82 Å². The van der Waals surface area contributed by atoms with Crippen molar-refractivity contribution in [2.45, 2.75) is 32.1 Å². The standard InChI is InChI=1S/C23H20ClFN4O2/c1-14(30)29(19-7-9-26-21(13-19)15-2-3-15)22-12-18(6-8-27-22)28-23(31)10-16-4-5-17(25)11-20(16)24/h4-9,11-13,15H,2-3,10H2,1H3,(H,27,28,31). The molecule has 0 radical (unpaired) electrons. The van der Waals surface area contributed by atoms with Crippen LogP contribution < -0.4 is 10.2 Å². The molecule has 0 aliphatic heterocycles. The van der Waals surface area contributed by atoms with E-state index in [4.69, 9.17) is 11.6 Å². The van der Waals surface area contributed by atoms with Crippen molar-refractivity contribution in [2.24, 2.45) is 0 Å². The van der Waals surface area contributed by atoms with Gasteiger partial charge in [0.15, 0.2) is 0 Å². The van der Waals surface area contributed by atoms with Crippen molar-refractivity contribution in [1.82, 2.24) is 9.97 Å². The highest BCUT2D eigenvalue weighted by Crippen LogP contribution is 2.40. The molecule has 1 fully saturated rings. The van der Waals surface area contributed by atoms with Gasteiger partial charge in [-0.2, -0.15) is 0 Å². The van der Waals surface area contributed by atoms with Crippen molar-refractivity contribution < 1.29 is 14.0 Å². The van der Waals surface area contributed by atoms with Crippen LogP contribution in [0, 0.1) is 5.82 Å². The van der Waals surface area contributed by atoms with Gasteiger partial charge in [-0.3, -0.25) is 19.5 Å². The fraction of sp³-hybridized carbons (Fsp3) is 0.217. The molecule has 2 amide bonds. The molecule has 0 spiro atoms. The second kappa shape index (κ2) is 8.81. The quantitative estimate of drug-likeness (QED) is 0.586. The maximum atomic E-state index is 13.2. The number of carbonyl (C=O) groups excluding carboxylic acids is 2. The molecule has 0 saturated heterocycles. The second-order valence-electron chi connectivity index (χ2n) is 7.43. The first kappa shape index (κ1) is 20.9. The first-order chi connectivity index (χ1) is 14.9. The van der Waals surface area contributed by atoms with E-state index in [1.807, 2.05) is 6.07 Å². The zero-order valence-corrected chi connectivity index (χ0v) is 17.6. The van der Waals surface area contributed by atoms with Gasteiger partial charge in [0.1, 0.15) is 11.6 Å². The summed E-state index contributed by atoms with van der Waals surface area (Å²) >= 11 is 6.01. The van der Waals surface area contributed by atoms with E-state index >= 15 is 0 Å². The molecule has 4 rings (SSSR count). The molecule has 8 heteroatoms. The average Bonchev–Trinajstić information content (AvgIpc) is 3.56. The fourth-order valence-corrected chi connectivity index (χ4v) is 3.55. The number of halogens is 2. The number of anilines is 3. The Balaban J connectivity index is 1.54. The third kappa shape index (κ3) is 5.06. The van der Waals surface area contributed by atoms with E-state index in [-0.39, 0.29) is 23.3 Å². The fourth-order valence-electron chi connectivity index (χ4n) is 3.32. The Morgan fingerprint density at radius 1 is 1.13 bits per heavy atom. The van der Waals surface area contributed by atoms with Crippen LogP contribution in [0.2, 0.25) is 5.02 Å². The van der Waals surface area contributed by atoms with Gasteiger partial charge < -0.3 is 5.32 Å². The summed E-state index contributed by atoms with van der Waals surface area (Å²) in [4.78, 5) is 35.1. The molecule has 0 bridgehead atoms. The van der Waals surface area contributed by atoms with Crippen molar-refractivity contribution in [1.29, 1.82) is 0 Å². The maximum absolute atomic E-state index is 13.2. The largest absolute Gasteiger partial charge is 0.326 e. The zero-order valence-electron chi connectivity index (χ0n) is 16.8. The van der Waals surface area contributed by atoms with E-state index in [0.717, 1.165) is 18.5 Å². The van der Waals surface area contributed by atoms with E-state index in [0.29, 0.717) is 28.7 Å². The topological polar surface area (TPSA) is 75.2 Å². The molecule has 2 aromatic heterocycles. The normalized spacial score (nSPS) is 13.0. The summed E-state index contributed by atoms with van der Waals surface area (Å²) in [6, 6.07) is 10.8. The number of hydrogen-bond acceptors (Lipinski definition) is 4. The predicted molar refractivity (Wildman–Crippen MR) is 117 cm³/mol. The molecule has 1 saturated carbocycles. The van der Waals surface area contributed by atoms with Gasteiger partial charge in [-0.15, -0.1) is 0 Å². The van der Waals surface area contributed by atoms with Gasteiger partial charge in [0.05, 0.1) is 12.1 Å². The zero-order chi connectivity index (χ0) is 22.0. The molecule has 1 aromatic carbocycles. The molecule has 6 nitrogen and oxygen atoms in total. The Morgan fingerprint density at radius 2 is 1.90 bits per heavy atom. The lowest BCUT2D eigenvalue weighted by atomic mass is 10.1. The molecule has 1 N–H and O–H groups in total. The maximum Gasteiger partial charge on any atom is 0.229 e. The Kier molecular flexibility index (Phi) is 5.95. The number of nitrogens with one attached hydrogen (secondary N) is 1. The van der Waals surface area contributed by atoms with Crippen molar-refractivity contribution in [3.63, 3.8) is 0 Å². The summed E-state index contributed by atoms with van der Waals surface area (Å²) < 4.78 is 13.2. The molecular formula is C23H20ClFN4O2. The van der Waals surface area contributed by atoms with Gasteiger partial charge in [0.2, 0.25) is 11.8 Å². The third-order valence-electron chi connectivity index (χ3n) is 4.96. The summed E-state index contributed by atoms with van der Waals surface area (Å²) in [5.41, 5.74) is 2.64. The number of aromatic nitrogens is 2. The Hall–Kier alpha value is -3.32. The number of rotatable bonds is 6. The number of pyridine rings is 2. The minimum Gasteiger partial charge on any atom is -0.326 e. The van der Waals surface area contributed by atoms with Crippen molar-refractivity contribution in [3.8, 4) is 0 Å². The van der Waals surface area contributed by atoms with E-state index in [9.17, 15) is 14.0 Å². The summed E-state index contributed by atoms with van der Waals surface area (Å²) in [7, 11) is 0. The molecular weight excluding hydrogens is 419 g/mol. The van der Waals surface area contributed by atoms with Gasteiger partial charge in [-0.1, -0.05) is 17.7 Å². The van der Waals surface area contributed by atoms with Crippen LogP contribution in [0.25, 0.3) is 0 Å². The Labute approximate surface area is 184 Å². The number of benzene rings is 1. The molecule has 0 atom stereocenters. The van der Waals surface area contributed by atoms with Crippen LogP contribution in [0.15, 0.2) is 54.9 Å². The number of amides is 2. The lowest BCUT2D eigenvalue weighted by Gasteiger charge is -2.21. The summed E-state index contributed by atoms with van der Waals surface area (Å²) in [5.74, 6) is -0.149. The van der Waals surface area contributed by atoms with E-state index in [2.05, 4.69) is 15.3 Å². The first-order valence-electron chi connectivity index (χ1n) is 9.87. The van der Waals surface area contributed by atoms with Crippen molar-refractivity contribution in [3.05, 3.63) is 77.0 Å².